The monoisotopic (exact) mass is 363 g/mol. The summed E-state index contributed by atoms with van der Waals surface area (Å²) < 4.78 is 0. The van der Waals surface area contributed by atoms with Gasteiger partial charge in [-0.1, -0.05) is 43.8 Å². The van der Waals surface area contributed by atoms with Crippen molar-refractivity contribution in [2.45, 2.75) is 32.4 Å². The van der Waals surface area contributed by atoms with Gasteiger partial charge in [-0.05, 0) is 36.1 Å². The Labute approximate surface area is 160 Å². The van der Waals surface area contributed by atoms with Gasteiger partial charge in [0.15, 0.2) is 0 Å². The van der Waals surface area contributed by atoms with Gasteiger partial charge in [-0.2, -0.15) is 0 Å². The van der Waals surface area contributed by atoms with Crippen LogP contribution in [-0.4, -0.2) is 40.2 Å². The lowest BCUT2D eigenvalue weighted by atomic mass is 10.0. The minimum absolute atomic E-state index is 0.0236. The number of amides is 2. The molecule has 2 amide bonds. The molecule has 2 aromatic rings. The lowest BCUT2D eigenvalue weighted by Gasteiger charge is -2.29. The Morgan fingerprint density at radius 3 is 2.74 bits per heavy atom. The minimum atomic E-state index is -0.0871. The zero-order chi connectivity index (χ0) is 19.4. The van der Waals surface area contributed by atoms with Gasteiger partial charge in [0.05, 0.1) is 23.8 Å². The number of pyridine rings is 1. The first-order chi connectivity index (χ1) is 13.0. The van der Waals surface area contributed by atoms with Crippen molar-refractivity contribution in [1.82, 2.24) is 14.8 Å². The second-order valence-corrected chi connectivity index (χ2v) is 6.79. The van der Waals surface area contributed by atoms with Crippen LogP contribution in [0.25, 0.3) is 0 Å². The number of aromatic nitrogens is 1. The third-order valence-corrected chi connectivity index (χ3v) is 5.14. The lowest BCUT2D eigenvalue weighted by molar-refractivity contribution is -0.126. The molecule has 5 nitrogen and oxygen atoms in total. The number of fused-ring (bicyclic) bond motifs is 1. The molecule has 27 heavy (non-hydrogen) atoms. The van der Waals surface area contributed by atoms with E-state index in [1.54, 1.807) is 16.0 Å². The normalized spacial score (nSPS) is 14.2. The van der Waals surface area contributed by atoms with E-state index in [0.717, 1.165) is 23.2 Å². The fourth-order valence-electron chi connectivity index (χ4n) is 3.60. The van der Waals surface area contributed by atoms with Crippen molar-refractivity contribution in [2.24, 2.45) is 0 Å². The number of rotatable bonds is 5. The molecule has 2 heterocycles. The molecule has 5 heteroatoms. The maximum absolute atomic E-state index is 13.0. The van der Waals surface area contributed by atoms with Crippen LogP contribution in [-0.2, 0) is 17.8 Å². The number of carbonyl (C=O) groups is 2. The van der Waals surface area contributed by atoms with Crippen LogP contribution in [0.3, 0.4) is 0 Å². The van der Waals surface area contributed by atoms with Crippen LogP contribution in [0.2, 0.25) is 0 Å². The van der Waals surface area contributed by atoms with Gasteiger partial charge in [0.1, 0.15) is 0 Å². The van der Waals surface area contributed by atoms with Gasteiger partial charge < -0.3 is 9.80 Å². The molecular formula is C22H25N3O2. The SMILES string of the molecule is C=CC(=O)N1CCc2cc(C(=O)N(C)C(CC)c3ccccc3)cnc2C1. The van der Waals surface area contributed by atoms with Crippen molar-refractivity contribution in [1.29, 1.82) is 0 Å². The number of hydrogen-bond donors (Lipinski definition) is 0. The minimum Gasteiger partial charge on any atom is -0.335 e. The Hall–Kier alpha value is -2.95. The molecule has 1 aliphatic heterocycles. The van der Waals surface area contributed by atoms with E-state index in [0.29, 0.717) is 25.1 Å². The summed E-state index contributed by atoms with van der Waals surface area (Å²) in [6.07, 6.45) is 4.48. The maximum atomic E-state index is 13.0. The van der Waals surface area contributed by atoms with E-state index < -0.39 is 0 Å². The summed E-state index contributed by atoms with van der Waals surface area (Å²) in [7, 11) is 1.84. The fraction of sp³-hybridized carbons (Fsp3) is 0.318. The summed E-state index contributed by atoms with van der Waals surface area (Å²) in [5, 5.41) is 0. The lowest BCUT2D eigenvalue weighted by Crippen LogP contribution is -2.36. The molecule has 140 valence electrons. The van der Waals surface area contributed by atoms with Crippen LogP contribution < -0.4 is 0 Å². The third kappa shape index (κ3) is 3.92. The zero-order valence-corrected chi connectivity index (χ0v) is 15.9. The van der Waals surface area contributed by atoms with Crippen LogP contribution in [0.15, 0.2) is 55.3 Å². The summed E-state index contributed by atoms with van der Waals surface area (Å²) in [4.78, 5) is 32.8. The topological polar surface area (TPSA) is 53.5 Å². The predicted octanol–water partition coefficient (Wildman–Crippen LogP) is 3.38. The summed E-state index contributed by atoms with van der Waals surface area (Å²) in [5.74, 6) is -0.124. The largest absolute Gasteiger partial charge is 0.335 e. The Bertz CT molecular complexity index is 848. The highest BCUT2D eigenvalue weighted by molar-refractivity contribution is 5.94. The number of benzene rings is 1. The molecule has 0 bridgehead atoms. The van der Waals surface area contributed by atoms with Crippen LogP contribution >= 0.6 is 0 Å². The standard InChI is InChI=1S/C22H25N3O2/c1-4-20(16-9-7-6-8-10-16)24(3)22(27)18-13-17-11-12-25(21(26)5-2)15-19(17)23-14-18/h5-10,13-14,20H,2,4,11-12,15H2,1,3H3. The van der Waals surface area contributed by atoms with Crippen LogP contribution in [0.5, 0.6) is 0 Å². The molecule has 0 saturated carbocycles. The summed E-state index contributed by atoms with van der Waals surface area (Å²) >= 11 is 0. The average molecular weight is 363 g/mol. The number of nitrogens with zero attached hydrogens (tertiary/aromatic N) is 3. The van der Waals surface area contributed by atoms with Gasteiger partial charge in [0.25, 0.3) is 5.91 Å². The highest BCUT2D eigenvalue weighted by Crippen LogP contribution is 2.25. The van der Waals surface area contributed by atoms with Gasteiger partial charge >= 0.3 is 0 Å². The van der Waals surface area contributed by atoms with Gasteiger partial charge in [0.2, 0.25) is 5.91 Å². The van der Waals surface area contributed by atoms with Crippen LogP contribution in [0.1, 0.15) is 46.6 Å². The highest BCUT2D eigenvalue weighted by Gasteiger charge is 2.24. The van der Waals surface area contributed by atoms with Crippen molar-refractivity contribution in [3.8, 4) is 0 Å². The Morgan fingerprint density at radius 1 is 1.33 bits per heavy atom. The highest BCUT2D eigenvalue weighted by atomic mass is 16.2. The molecule has 1 aliphatic rings. The van der Waals surface area contributed by atoms with Crippen molar-refractivity contribution in [3.63, 3.8) is 0 Å². The first-order valence-corrected chi connectivity index (χ1v) is 9.26. The molecular weight excluding hydrogens is 338 g/mol. The van der Waals surface area contributed by atoms with E-state index in [-0.39, 0.29) is 17.9 Å². The molecule has 0 aliphatic carbocycles. The zero-order valence-electron chi connectivity index (χ0n) is 15.9. The maximum Gasteiger partial charge on any atom is 0.255 e. The van der Waals surface area contributed by atoms with Crippen LogP contribution in [0.4, 0.5) is 0 Å². The summed E-state index contributed by atoms with van der Waals surface area (Å²) in [6, 6.07) is 12.0. The Kier molecular flexibility index (Phi) is 5.69. The molecule has 0 saturated heterocycles. The van der Waals surface area contributed by atoms with Gasteiger partial charge in [-0.15, -0.1) is 0 Å². The van der Waals surface area contributed by atoms with E-state index in [9.17, 15) is 9.59 Å². The van der Waals surface area contributed by atoms with Crippen molar-refractivity contribution >= 4 is 11.8 Å². The number of hydrogen-bond acceptors (Lipinski definition) is 3. The van der Waals surface area contributed by atoms with E-state index in [4.69, 9.17) is 0 Å². The van der Waals surface area contributed by atoms with Gasteiger partial charge in [-0.25, -0.2) is 0 Å². The molecule has 1 aromatic carbocycles. The average Bonchev–Trinajstić information content (AvgIpc) is 2.73. The van der Waals surface area contributed by atoms with Crippen molar-refractivity contribution < 1.29 is 9.59 Å². The Balaban J connectivity index is 1.80. The second kappa shape index (κ2) is 8.16. The quantitative estimate of drug-likeness (QED) is 0.765. The predicted molar refractivity (Wildman–Crippen MR) is 105 cm³/mol. The molecule has 0 radical (unpaired) electrons. The van der Waals surface area contributed by atoms with Gasteiger partial charge in [-0.3, -0.25) is 14.6 Å². The Morgan fingerprint density at radius 2 is 2.07 bits per heavy atom. The second-order valence-electron chi connectivity index (χ2n) is 6.79. The van der Waals surface area contributed by atoms with E-state index >= 15 is 0 Å². The van der Waals surface area contributed by atoms with Crippen molar-refractivity contribution in [2.75, 3.05) is 13.6 Å². The van der Waals surface area contributed by atoms with E-state index in [1.807, 2.05) is 43.4 Å². The van der Waals surface area contributed by atoms with Gasteiger partial charge in [0, 0.05) is 19.8 Å². The molecule has 0 spiro atoms. The summed E-state index contributed by atoms with van der Waals surface area (Å²) in [6.45, 7) is 6.70. The first-order valence-electron chi connectivity index (χ1n) is 9.26. The molecule has 0 N–H and O–H groups in total. The van der Waals surface area contributed by atoms with Crippen molar-refractivity contribution in [3.05, 3.63) is 77.6 Å². The molecule has 1 aromatic heterocycles. The summed E-state index contributed by atoms with van der Waals surface area (Å²) in [5.41, 5.74) is 3.61. The number of carbonyl (C=O) groups excluding carboxylic acids is 2. The van der Waals surface area contributed by atoms with E-state index in [1.165, 1.54) is 6.08 Å². The van der Waals surface area contributed by atoms with E-state index in [2.05, 4.69) is 18.5 Å². The third-order valence-electron chi connectivity index (χ3n) is 5.14. The molecule has 0 fully saturated rings. The first kappa shape index (κ1) is 18.8. The molecule has 1 atom stereocenters. The van der Waals surface area contributed by atoms with Crippen LogP contribution in [0, 0.1) is 0 Å². The smallest absolute Gasteiger partial charge is 0.255 e. The molecule has 3 rings (SSSR count). The molecule has 1 unspecified atom stereocenters. The fourth-order valence-corrected chi connectivity index (χ4v) is 3.60.